The molecule has 0 amide bonds. The zero-order valence-corrected chi connectivity index (χ0v) is 13.9. The van der Waals surface area contributed by atoms with Crippen molar-refractivity contribution in [3.63, 3.8) is 0 Å². The van der Waals surface area contributed by atoms with E-state index in [9.17, 15) is 5.11 Å². The van der Waals surface area contributed by atoms with Gasteiger partial charge in [0.1, 0.15) is 11.9 Å². The van der Waals surface area contributed by atoms with Crippen LogP contribution in [0.15, 0.2) is 33.2 Å². The van der Waals surface area contributed by atoms with E-state index in [-0.39, 0.29) is 0 Å². The highest BCUT2D eigenvalue weighted by Crippen LogP contribution is 2.37. The van der Waals surface area contributed by atoms with Crippen LogP contribution in [0.4, 0.5) is 0 Å². The number of rotatable bonds is 3. The van der Waals surface area contributed by atoms with Crippen molar-refractivity contribution >= 4 is 43.2 Å². The summed E-state index contributed by atoms with van der Waals surface area (Å²) in [6, 6.07) is 7.58. The summed E-state index contributed by atoms with van der Waals surface area (Å²) in [6.07, 6.45) is -0.664. The topological polar surface area (TPSA) is 29.5 Å². The van der Waals surface area contributed by atoms with Crippen LogP contribution < -0.4 is 4.74 Å². The molecule has 1 aromatic heterocycles. The molecule has 0 bridgehead atoms. The molecule has 1 atom stereocenters. The van der Waals surface area contributed by atoms with Crippen molar-refractivity contribution < 1.29 is 9.84 Å². The Hall–Kier alpha value is -0.360. The Bertz CT molecular complexity index is 547. The van der Waals surface area contributed by atoms with E-state index in [0.29, 0.717) is 5.75 Å². The molecule has 2 aromatic rings. The van der Waals surface area contributed by atoms with E-state index in [1.165, 1.54) is 0 Å². The van der Waals surface area contributed by atoms with Crippen molar-refractivity contribution in [2.75, 3.05) is 7.11 Å². The molecule has 2 rings (SSSR count). The van der Waals surface area contributed by atoms with Gasteiger partial charge >= 0.3 is 0 Å². The molecule has 0 saturated heterocycles. The minimum absolute atomic E-state index is 0.664. The maximum Gasteiger partial charge on any atom is 0.126 e. The van der Waals surface area contributed by atoms with Gasteiger partial charge in [0.05, 0.1) is 7.11 Å². The second kappa shape index (κ2) is 5.74. The number of methoxy groups -OCH3 is 1. The van der Waals surface area contributed by atoms with Gasteiger partial charge in [0.15, 0.2) is 0 Å². The molecular formula is C13H12Br2O2S. The van der Waals surface area contributed by atoms with Crippen molar-refractivity contribution in [3.8, 4) is 5.75 Å². The van der Waals surface area contributed by atoms with Gasteiger partial charge in [0, 0.05) is 24.3 Å². The molecule has 0 radical (unpaired) electrons. The fourth-order valence-corrected chi connectivity index (χ4v) is 3.59. The maximum atomic E-state index is 10.4. The summed E-state index contributed by atoms with van der Waals surface area (Å²) in [5.41, 5.74) is 0.773. The van der Waals surface area contributed by atoms with Gasteiger partial charge in [-0.2, -0.15) is 0 Å². The van der Waals surface area contributed by atoms with Crippen LogP contribution in [0.25, 0.3) is 0 Å². The second-order valence-electron chi connectivity index (χ2n) is 3.84. The van der Waals surface area contributed by atoms with Crippen molar-refractivity contribution in [1.29, 1.82) is 0 Å². The third kappa shape index (κ3) is 2.79. The molecule has 1 aromatic carbocycles. The predicted octanol–water partition coefficient (Wildman–Crippen LogP) is 4.67. The van der Waals surface area contributed by atoms with Gasteiger partial charge in [-0.15, -0.1) is 11.3 Å². The number of benzene rings is 1. The van der Waals surface area contributed by atoms with Crippen molar-refractivity contribution in [2.45, 2.75) is 13.0 Å². The molecule has 18 heavy (non-hydrogen) atoms. The van der Waals surface area contributed by atoms with Gasteiger partial charge in [-0.3, -0.25) is 0 Å². The molecular weight excluding hydrogens is 380 g/mol. The fraction of sp³-hybridized carbons (Fsp3) is 0.231. The molecule has 0 aliphatic rings. The summed E-state index contributed by atoms with van der Waals surface area (Å²) in [5.74, 6) is 0.680. The molecule has 1 heterocycles. The number of ether oxygens (including phenoxy) is 1. The summed E-state index contributed by atoms with van der Waals surface area (Å²) in [5, 5.41) is 10.4. The number of hydrogen-bond acceptors (Lipinski definition) is 3. The van der Waals surface area contributed by atoms with Gasteiger partial charge in [-0.25, -0.2) is 0 Å². The Balaban J connectivity index is 2.42. The highest BCUT2D eigenvalue weighted by atomic mass is 79.9. The number of thiophene rings is 1. The summed E-state index contributed by atoms with van der Waals surface area (Å²) >= 11 is 8.43. The molecule has 1 N–H and O–H groups in total. The van der Waals surface area contributed by atoms with Gasteiger partial charge in [-0.1, -0.05) is 22.0 Å². The third-order valence-electron chi connectivity index (χ3n) is 2.64. The smallest absolute Gasteiger partial charge is 0.126 e. The van der Waals surface area contributed by atoms with Crippen LogP contribution in [0.3, 0.4) is 0 Å². The Morgan fingerprint density at radius 2 is 2.00 bits per heavy atom. The first-order valence-electron chi connectivity index (χ1n) is 5.30. The number of hydrogen-bond donors (Lipinski definition) is 1. The van der Waals surface area contributed by atoms with E-state index in [1.807, 2.05) is 31.2 Å². The molecule has 0 spiro atoms. The van der Waals surface area contributed by atoms with E-state index in [0.717, 1.165) is 24.3 Å². The lowest BCUT2D eigenvalue weighted by Gasteiger charge is -2.13. The van der Waals surface area contributed by atoms with Gasteiger partial charge in [0.2, 0.25) is 0 Å². The minimum Gasteiger partial charge on any atom is -0.496 e. The molecule has 0 saturated carbocycles. The van der Waals surface area contributed by atoms with Crippen molar-refractivity contribution in [2.24, 2.45) is 0 Å². The quantitative estimate of drug-likeness (QED) is 0.823. The van der Waals surface area contributed by atoms with Crippen molar-refractivity contribution in [1.82, 2.24) is 0 Å². The summed E-state index contributed by atoms with van der Waals surface area (Å²) in [6.45, 7) is 2.02. The predicted molar refractivity (Wildman–Crippen MR) is 81.5 cm³/mol. The standard InChI is InChI=1S/C13H12Br2O2S/c1-7-10(15)6-12(18-7)13(16)9-4-3-8(14)5-11(9)17-2/h3-6,13,16H,1-2H3. The molecule has 1 unspecified atom stereocenters. The zero-order chi connectivity index (χ0) is 13.3. The zero-order valence-electron chi connectivity index (χ0n) is 9.91. The van der Waals surface area contributed by atoms with E-state index in [4.69, 9.17) is 4.74 Å². The summed E-state index contributed by atoms with van der Waals surface area (Å²) in [4.78, 5) is 2.06. The normalized spacial score (nSPS) is 12.5. The Labute approximate surface area is 127 Å². The monoisotopic (exact) mass is 390 g/mol. The molecule has 96 valence electrons. The number of aliphatic hydroxyl groups is 1. The molecule has 0 aliphatic heterocycles. The average Bonchev–Trinajstić information content (AvgIpc) is 2.68. The highest BCUT2D eigenvalue weighted by molar-refractivity contribution is 9.10. The Kier molecular flexibility index (Phi) is 4.48. The molecule has 0 aliphatic carbocycles. The van der Waals surface area contributed by atoms with Crippen LogP contribution in [-0.2, 0) is 0 Å². The third-order valence-corrected chi connectivity index (χ3v) is 5.32. The first-order valence-corrected chi connectivity index (χ1v) is 7.70. The van der Waals surface area contributed by atoms with Gasteiger partial charge in [-0.05, 0) is 41.1 Å². The second-order valence-corrected chi connectivity index (χ2v) is 6.90. The number of aliphatic hydroxyl groups excluding tert-OH is 1. The lowest BCUT2D eigenvalue weighted by atomic mass is 10.1. The number of halogens is 2. The summed E-state index contributed by atoms with van der Waals surface area (Å²) < 4.78 is 7.26. The average molecular weight is 392 g/mol. The first-order chi connectivity index (χ1) is 8.52. The van der Waals surface area contributed by atoms with Crippen LogP contribution >= 0.6 is 43.2 Å². The van der Waals surface area contributed by atoms with Crippen LogP contribution in [0.5, 0.6) is 5.75 Å². The fourth-order valence-electron chi connectivity index (χ4n) is 1.68. The SMILES string of the molecule is COc1cc(Br)ccc1C(O)c1cc(Br)c(C)s1. The largest absolute Gasteiger partial charge is 0.496 e. The van der Waals surface area contributed by atoms with E-state index >= 15 is 0 Å². The lowest BCUT2D eigenvalue weighted by molar-refractivity contribution is 0.218. The maximum absolute atomic E-state index is 10.4. The van der Waals surface area contributed by atoms with E-state index in [2.05, 4.69) is 31.9 Å². The van der Waals surface area contributed by atoms with E-state index < -0.39 is 6.10 Å². The van der Waals surface area contributed by atoms with Gasteiger partial charge in [0.25, 0.3) is 0 Å². The molecule has 5 heteroatoms. The van der Waals surface area contributed by atoms with Crippen molar-refractivity contribution in [3.05, 3.63) is 48.5 Å². The number of aryl methyl sites for hydroxylation is 1. The van der Waals surface area contributed by atoms with Crippen LogP contribution in [0.2, 0.25) is 0 Å². The lowest BCUT2D eigenvalue weighted by Crippen LogP contribution is -2.00. The summed E-state index contributed by atoms with van der Waals surface area (Å²) in [7, 11) is 1.60. The molecule has 0 fully saturated rings. The van der Waals surface area contributed by atoms with Gasteiger partial charge < -0.3 is 9.84 Å². The Morgan fingerprint density at radius 3 is 2.56 bits per heavy atom. The first kappa shape index (κ1) is 14.1. The molecule has 2 nitrogen and oxygen atoms in total. The van der Waals surface area contributed by atoms with Crippen LogP contribution in [0.1, 0.15) is 21.4 Å². The minimum atomic E-state index is -0.664. The van der Waals surface area contributed by atoms with Crippen LogP contribution in [-0.4, -0.2) is 12.2 Å². The highest BCUT2D eigenvalue weighted by Gasteiger charge is 2.18. The van der Waals surface area contributed by atoms with E-state index in [1.54, 1.807) is 18.4 Å². The Morgan fingerprint density at radius 1 is 1.28 bits per heavy atom. The van der Waals surface area contributed by atoms with Crippen LogP contribution in [0, 0.1) is 6.92 Å².